The van der Waals surface area contributed by atoms with Crippen molar-refractivity contribution in [3.63, 3.8) is 0 Å². The van der Waals surface area contributed by atoms with Crippen molar-refractivity contribution in [2.75, 3.05) is 19.1 Å². The molecule has 1 aromatic carbocycles. The Morgan fingerprint density at radius 2 is 2.16 bits per heavy atom. The van der Waals surface area contributed by atoms with Crippen LogP contribution in [0.1, 0.15) is 11.3 Å². The Balaban J connectivity index is 2.32. The molecule has 0 aliphatic rings. The van der Waals surface area contributed by atoms with E-state index in [9.17, 15) is 0 Å². The molecule has 0 saturated heterocycles. The van der Waals surface area contributed by atoms with Gasteiger partial charge in [0.1, 0.15) is 5.75 Å². The average molecular weight is 278 g/mol. The van der Waals surface area contributed by atoms with Crippen LogP contribution in [0.3, 0.4) is 0 Å². The number of anilines is 2. The number of rotatable bonds is 4. The van der Waals surface area contributed by atoms with E-state index in [-0.39, 0.29) is 0 Å². The van der Waals surface area contributed by atoms with E-state index in [0.717, 1.165) is 22.7 Å². The molecule has 4 nitrogen and oxygen atoms in total. The first kappa shape index (κ1) is 13.6. The number of halogens is 1. The van der Waals surface area contributed by atoms with Gasteiger partial charge in [0.05, 0.1) is 13.0 Å². The fourth-order valence-electron chi connectivity index (χ4n) is 1.71. The number of nitrogens with zero attached hydrogens (tertiary/aromatic N) is 3. The van der Waals surface area contributed by atoms with Gasteiger partial charge in [-0.25, -0.2) is 9.97 Å². The highest BCUT2D eigenvalue weighted by Crippen LogP contribution is 2.24. The minimum absolute atomic E-state index is 0.426. The zero-order valence-electron chi connectivity index (χ0n) is 11.2. The molecule has 2 aromatic rings. The quantitative estimate of drug-likeness (QED) is 0.804. The summed E-state index contributed by atoms with van der Waals surface area (Å²) >= 11 is 5.81. The highest BCUT2D eigenvalue weighted by atomic mass is 35.5. The van der Waals surface area contributed by atoms with Crippen LogP contribution in [0.25, 0.3) is 0 Å². The molecule has 100 valence electrons. The minimum Gasteiger partial charge on any atom is -0.497 e. The summed E-state index contributed by atoms with van der Waals surface area (Å²) in [6.45, 7) is 1.93. The van der Waals surface area contributed by atoms with Crippen LogP contribution in [-0.4, -0.2) is 24.1 Å². The van der Waals surface area contributed by atoms with Gasteiger partial charge in [-0.1, -0.05) is 6.07 Å². The van der Waals surface area contributed by atoms with Crippen molar-refractivity contribution in [3.8, 4) is 5.75 Å². The maximum atomic E-state index is 5.81. The van der Waals surface area contributed by atoms with Crippen molar-refractivity contribution in [1.82, 2.24) is 9.97 Å². The Hall–Kier alpha value is -1.81. The number of hydrogen-bond donors (Lipinski definition) is 0. The van der Waals surface area contributed by atoms with Gasteiger partial charge in [0, 0.05) is 36.3 Å². The molecular weight excluding hydrogens is 262 g/mol. The first-order chi connectivity index (χ1) is 9.15. The Morgan fingerprint density at radius 1 is 1.37 bits per heavy atom. The highest BCUT2D eigenvalue weighted by molar-refractivity contribution is 6.17. The molecule has 1 aromatic heterocycles. The summed E-state index contributed by atoms with van der Waals surface area (Å²) in [7, 11) is 3.57. The molecule has 0 atom stereocenters. The lowest BCUT2D eigenvalue weighted by molar-refractivity contribution is 0.415. The third-order valence-corrected chi connectivity index (χ3v) is 3.24. The molecular formula is C14H16ClN3O. The van der Waals surface area contributed by atoms with E-state index < -0.39 is 0 Å². The summed E-state index contributed by atoms with van der Waals surface area (Å²) in [5.74, 6) is 1.87. The molecule has 0 amide bonds. The molecule has 2 rings (SSSR count). The second kappa shape index (κ2) is 5.89. The topological polar surface area (TPSA) is 38.2 Å². The van der Waals surface area contributed by atoms with E-state index in [1.807, 2.05) is 43.1 Å². The highest BCUT2D eigenvalue weighted by Gasteiger charge is 2.09. The Bertz CT molecular complexity index is 574. The van der Waals surface area contributed by atoms with Crippen LogP contribution in [0.5, 0.6) is 5.75 Å². The Kier molecular flexibility index (Phi) is 4.22. The lowest BCUT2D eigenvalue weighted by Crippen LogP contribution is -2.14. The van der Waals surface area contributed by atoms with Crippen molar-refractivity contribution < 1.29 is 4.74 Å². The maximum absolute atomic E-state index is 5.81. The van der Waals surface area contributed by atoms with Crippen molar-refractivity contribution in [2.24, 2.45) is 0 Å². The Labute approximate surface area is 118 Å². The van der Waals surface area contributed by atoms with Crippen LogP contribution < -0.4 is 9.64 Å². The molecule has 0 fully saturated rings. The number of aromatic nitrogens is 2. The van der Waals surface area contributed by atoms with Gasteiger partial charge in [0.2, 0.25) is 5.95 Å². The monoisotopic (exact) mass is 277 g/mol. The van der Waals surface area contributed by atoms with E-state index in [1.54, 1.807) is 13.3 Å². The summed E-state index contributed by atoms with van der Waals surface area (Å²) in [6, 6.07) is 7.76. The van der Waals surface area contributed by atoms with Crippen molar-refractivity contribution in [3.05, 3.63) is 41.7 Å². The molecule has 0 radical (unpaired) electrons. The smallest absolute Gasteiger partial charge is 0.229 e. The fourth-order valence-corrected chi connectivity index (χ4v) is 1.97. The molecule has 1 heterocycles. The second-order valence-electron chi connectivity index (χ2n) is 4.17. The molecule has 19 heavy (non-hydrogen) atoms. The van der Waals surface area contributed by atoms with Gasteiger partial charge in [-0.05, 0) is 19.1 Å². The molecule has 0 unspecified atom stereocenters. The summed E-state index contributed by atoms with van der Waals surface area (Å²) in [5.41, 5.74) is 2.82. The second-order valence-corrected chi connectivity index (χ2v) is 4.44. The molecule has 0 saturated carbocycles. The van der Waals surface area contributed by atoms with Gasteiger partial charge in [0.25, 0.3) is 0 Å². The molecule has 0 N–H and O–H groups in total. The zero-order valence-corrected chi connectivity index (χ0v) is 12.0. The lowest BCUT2D eigenvalue weighted by atomic mass is 10.2. The molecule has 0 spiro atoms. The van der Waals surface area contributed by atoms with Gasteiger partial charge < -0.3 is 9.64 Å². The van der Waals surface area contributed by atoms with E-state index in [1.165, 1.54) is 0 Å². The summed E-state index contributed by atoms with van der Waals surface area (Å²) in [4.78, 5) is 10.7. The predicted octanol–water partition coefficient (Wildman–Crippen LogP) is 3.30. The van der Waals surface area contributed by atoms with Gasteiger partial charge >= 0.3 is 0 Å². The molecule has 5 heteroatoms. The van der Waals surface area contributed by atoms with E-state index in [4.69, 9.17) is 16.3 Å². The molecule has 0 aliphatic heterocycles. The van der Waals surface area contributed by atoms with Gasteiger partial charge in [-0.15, -0.1) is 11.6 Å². The van der Waals surface area contributed by atoms with Crippen LogP contribution in [-0.2, 0) is 5.88 Å². The lowest BCUT2D eigenvalue weighted by Gasteiger charge is -2.18. The van der Waals surface area contributed by atoms with Crippen molar-refractivity contribution in [1.29, 1.82) is 0 Å². The minimum atomic E-state index is 0.426. The number of alkyl halides is 1. The van der Waals surface area contributed by atoms with Gasteiger partial charge in [-0.2, -0.15) is 0 Å². The van der Waals surface area contributed by atoms with Gasteiger partial charge in [-0.3, -0.25) is 0 Å². The Morgan fingerprint density at radius 3 is 2.79 bits per heavy atom. The molecule has 0 bridgehead atoms. The van der Waals surface area contributed by atoms with Crippen molar-refractivity contribution in [2.45, 2.75) is 12.8 Å². The number of ether oxygens (including phenoxy) is 1. The molecule has 0 aliphatic carbocycles. The summed E-state index contributed by atoms with van der Waals surface area (Å²) in [5, 5.41) is 0. The third-order valence-electron chi connectivity index (χ3n) is 2.95. The normalized spacial score (nSPS) is 10.3. The standard InChI is InChI=1S/C14H16ClN3O/c1-10-11(8-15)9-16-14(17-10)18(2)12-5-4-6-13(7-12)19-3/h4-7,9H,8H2,1-3H3. The SMILES string of the molecule is COc1cccc(N(C)c2ncc(CCl)c(C)n2)c1. The van der Waals surface area contributed by atoms with E-state index in [2.05, 4.69) is 9.97 Å². The van der Waals surface area contributed by atoms with Crippen molar-refractivity contribution >= 4 is 23.2 Å². The van der Waals surface area contributed by atoms with Crippen LogP contribution in [0, 0.1) is 6.92 Å². The van der Waals surface area contributed by atoms with E-state index >= 15 is 0 Å². The predicted molar refractivity (Wildman–Crippen MR) is 77.4 cm³/mol. The number of hydrogen-bond acceptors (Lipinski definition) is 4. The van der Waals surface area contributed by atoms with E-state index in [0.29, 0.717) is 11.8 Å². The van der Waals surface area contributed by atoms with Crippen LogP contribution in [0.4, 0.5) is 11.6 Å². The summed E-state index contributed by atoms with van der Waals surface area (Å²) < 4.78 is 5.22. The number of aryl methyl sites for hydroxylation is 1. The average Bonchev–Trinajstić information content (AvgIpc) is 2.46. The third kappa shape index (κ3) is 2.96. The summed E-state index contributed by atoms with van der Waals surface area (Å²) in [6.07, 6.45) is 1.77. The fraction of sp³-hybridized carbons (Fsp3) is 0.286. The number of benzene rings is 1. The van der Waals surface area contributed by atoms with Crippen LogP contribution in [0.2, 0.25) is 0 Å². The first-order valence-corrected chi connectivity index (χ1v) is 6.45. The van der Waals surface area contributed by atoms with Crippen LogP contribution >= 0.6 is 11.6 Å². The van der Waals surface area contributed by atoms with Crippen LogP contribution in [0.15, 0.2) is 30.5 Å². The number of methoxy groups -OCH3 is 1. The largest absolute Gasteiger partial charge is 0.497 e. The first-order valence-electron chi connectivity index (χ1n) is 5.92. The van der Waals surface area contributed by atoms with Gasteiger partial charge in [0.15, 0.2) is 0 Å². The zero-order chi connectivity index (χ0) is 13.8. The maximum Gasteiger partial charge on any atom is 0.229 e.